The maximum absolute atomic E-state index is 4.61. The molecule has 0 unspecified atom stereocenters. The maximum atomic E-state index is 4.61. The van der Waals surface area contributed by atoms with E-state index in [2.05, 4.69) is 50.7 Å². The molecule has 0 bridgehead atoms. The lowest BCUT2D eigenvalue weighted by Crippen LogP contribution is -2.20. The average molecular weight is 364 g/mol. The molecule has 0 atom stereocenters. The summed E-state index contributed by atoms with van der Waals surface area (Å²) in [5.74, 6) is 0. The first-order valence-electron chi connectivity index (χ1n) is 9.07. The minimum absolute atomic E-state index is 0.809. The van der Waals surface area contributed by atoms with Gasteiger partial charge in [0, 0.05) is 56.6 Å². The van der Waals surface area contributed by atoms with Crippen LogP contribution in [0.1, 0.15) is 25.3 Å². The lowest BCUT2D eigenvalue weighted by Gasteiger charge is -2.16. The Morgan fingerprint density at radius 3 is 2.96 bits per heavy atom. The summed E-state index contributed by atoms with van der Waals surface area (Å²) < 4.78 is 2.00. The van der Waals surface area contributed by atoms with Gasteiger partial charge in [0.2, 0.25) is 0 Å². The first-order valence-corrected chi connectivity index (χ1v) is 9.07. The lowest BCUT2D eigenvalue weighted by atomic mass is 9.98. The Hall–Kier alpha value is -3.15. The predicted octanol–water partition coefficient (Wildman–Crippen LogP) is 2.90. The Balaban J connectivity index is 2.49. The van der Waals surface area contributed by atoms with E-state index >= 15 is 0 Å². The molecule has 0 saturated heterocycles. The van der Waals surface area contributed by atoms with Gasteiger partial charge >= 0.3 is 0 Å². The molecule has 6 nitrogen and oxygen atoms in total. The van der Waals surface area contributed by atoms with Crippen molar-refractivity contribution >= 4 is 17.5 Å². The van der Waals surface area contributed by atoms with Crippen LogP contribution in [0.4, 0.5) is 0 Å². The standard InChI is InChI=1S/C21H28N6/c1-5-12-23-19(6-2)21-18(9-7-8-13-25-26-21)17-10-11-20(27(4)16-17)24-15-14-22-3/h5-6,9-12,14-16,22,25H,1,7-8,13H2,2-4H3/b15-14+,18-9+,19-6-,23-12?,24-20?,26-21+. The SMILES string of the molecule is C=CC=NC(=C\C)/C1=N/NCCC\C=C\1c1ccc(=N/C=C/NC)n(C)c1. The summed E-state index contributed by atoms with van der Waals surface area (Å²) in [6, 6.07) is 4.07. The van der Waals surface area contributed by atoms with E-state index < -0.39 is 0 Å². The third-order valence-corrected chi connectivity index (χ3v) is 3.99. The number of aliphatic imine (C=N–C) groups is 1. The van der Waals surface area contributed by atoms with Crippen LogP contribution in [-0.2, 0) is 7.05 Å². The van der Waals surface area contributed by atoms with Gasteiger partial charge in [0.25, 0.3) is 0 Å². The monoisotopic (exact) mass is 364 g/mol. The second kappa shape index (κ2) is 10.8. The van der Waals surface area contributed by atoms with Crippen molar-refractivity contribution in [2.24, 2.45) is 22.1 Å². The van der Waals surface area contributed by atoms with E-state index in [1.165, 1.54) is 0 Å². The highest BCUT2D eigenvalue weighted by Gasteiger charge is 2.16. The van der Waals surface area contributed by atoms with Crippen molar-refractivity contribution in [3.8, 4) is 0 Å². The van der Waals surface area contributed by atoms with E-state index in [0.717, 1.165) is 47.4 Å². The van der Waals surface area contributed by atoms with Gasteiger partial charge in [0.05, 0.1) is 5.70 Å². The molecule has 0 aromatic carbocycles. The Bertz CT molecular complexity index is 865. The van der Waals surface area contributed by atoms with Gasteiger partial charge in [-0.1, -0.05) is 24.8 Å². The van der Waals surface area contributed by atoms with Gasteiger partial charge in [-0.3, -0.25) is 4.99 Å². The van der Waals surface area contributed by atoms with Gasteiger partial charge in [-0.2, -0.15) is 5.10 Å². The summed E-state index contributed by atoms with van der Waals surface area (Å²) in [6.07, 6.45) is 15.2. The van der Waals surface area contributed by atoms with Gasteiger partial charge < -0.3 is 15.3 Å². The van der Waals surface area contributed by atoms with E-state index in [1.54, 1.807) is 24.7 Å². The fourth-order valence-corrected chi connectivity index (χ4v) is 2.66. The zero-order valence-corrected chi connectivity index (χ0v) is 16.3. The fraction of sp³-hybridized carbons (Fsp3) is 0.286. The number of hydrogen-bond acceptors (Lipinski definition) is 5. The zero-order chi connectivity index (χ0) is 19.5. The topological polar surface area (TPSA) is 66.1 Å². The van der Waals surface area contributed by atoms with Crippen molar-refractivity contribution in [2.75, 3.05) is 13.6 Å². The number of pyridine rings is 1. The minimum atomic E-state index is 0.809. The molecule has 0 aliphatic carbocycles. The summed E-state index contributed by atoms with van der Waals surface area (Å²) in [5, 5.41) is 7.54. The van der Waals surface area contributed by atoms with E-state index in [0.29, 0.717) is 0 Å². The van der Waals surface area contributed by atoms with E-state index in [1.807, 2.05) is 37.7 Å². The van der Waals surface area contributed by atoms with Crippen LogP contribution in [-0.4, -0.2) is 30.1 Å². The van der Waals surface area contributed by atoms with Crippen molar-refractivity contribution < 1.29 is 0 Å². The second-order valence-electron chi connectivity index (χ2n) is 5.94. The third-order valence-electron chi connectivity index (χ3n) is 3.99. The molecule has 2 rings (SSSR count). The van der Waals surface area contributed by atoms with Gasteiger partial charge in [-0.05, 0) is 31.9 Å². The molecule has 1 aromatic rings. The van der Waals surface area contributed by atoms with Crippen molar-refractivity contribution in [1.29, 1.82) is 0 Å². The van der Waals surface area contributed by atoms with Gasteiger partial charge in [-0.25, -0.2) is 4.99 Å². The number of aryl methyl sites for hydroxylation is 1. The maximum Gasteiger partial charge on any atom is 0.132 e. The first-order chi connectivity index (χ1) is 13.2. The summed E-state index contributed by atoms with van der Waals surface area (Å²) in [4.78, 5) is 8.93. The quantitative estimate of drug-likeness (QED) is 0.762. The summed E-state index contributed by atoms with van der Waals surface area (Å²) >= 11 is 0. The number of nitrogens with zero attached hydrogens (tertiary/aromatic N) is 4. The van der Waals surface area contributed by atoms with Gasteiger partial charge in [0.1, 0.15) is 11.2 Å². The molecular formula is C21H28N6. The number of nitrogens with one attached hydrogen (secondary N) is 2. The summed E-state index contributed by atoms with van der Waals surface area (Å²) in [7, 11) is 3.83. The summed E-state index contributed by atoms with van der Waals surface area (Å²) in [5.41, 5.74) is 7.79. The zero-order valence-electron chi connectivity index (χ0n) is 16.3. The molecule has 1 aliphatic rings. The van der Waals surface area contributed by atoms with Crippen LogP contribution < -0.4 is 16.2 Å². The molecule has 2 heterocycles. The second-order valence-corrected chi connectivity index (χ2v) is 5.94. The van der Waals surface area contributed by atoms with Crippen molar-refractivity contribution in [1.82, 2.24) is 15.3 Å². The van der Waals surface area contributed by atoms with Crippen molar-refractivity contribution in [3.05, 3.63) is 72.3 Å². The number of hydrazone groups is 1. The third kappa shape index (κ3) is 5.67. The van der Waals surface area contributed by atoms with Gasteiger partial charge in [0.15, 0.2) is 0 Å². The van der Waals surface area contributed by atoms with Crippen LogP contribution in [0.3, 0.4) is 0 Å². The molecule has 1 aliphatic heterocycles. The van der Waals surface area contributed by atoms with Crippen LogP contribution in [0.25, 0.3) is 5.57 Å². The van der Waals surface area contributed by atoms with Crippen LogP contribution in [0.5, 0.6) is 0 Å². The normalized spacial score (nSPS) is 20.4. The highest BCUT2D eigenvalue weighted by Crippen LogP contribution is 2.22. The van der Waals surface area contributed by atoms with Crippen LogP contribution in [0.2, 0.25) is 0 Å². The molecule has 2 N–H and O–H groups in total. The van der Waals surface area contributed by atoms with Gasteiger partial charge in [-0.15, -0.1) is 0 Å². The number of hydrogen-bond donors (Lipinski definition) is 2. The molecule has 27 heavy (non-hydrogen) atoms. The number of aromatic nitrogens is 1. The molecule has 142 valence electrons. The average Bonchev–Trinajstić information content (AvgIpc) is 2.65. The molecule has 1 aromatic heterocycles. The Morgan fingerprint density at radius 2 is 2.26 bits per heavy atom. The van der Waals surface area contributed by atoms with E-state index in [4.69, 9.17) is 0 Å². The molecule has 6 heteroatoms. The molecule has 0 amide bonds. The lowest BCUT2D eigenvalue weighted by molar-refractivity contribution is 0.687. The largest absolute Gasteiger partial charge is 0.393 e. The van der Waals surface area contributed by atoms with Crippen LogP contribution in [0.15, 0.2) is 76.3 Å². The Labute approximate surface area is 161 Å². The first kappa shape index (κ1) is 20.2. The smallest absolute Gasteiger partial charge is 0.132 e. The molecule has 0 radical (unpaired) electrons. The van der Waals surface area contributed by atoms with E-state index in [9.17, 15) is 0 Å². The molecule has 0 fully saturated rings. The highest BCUT2D eigenvalue weighted by molar-refractivity contribution is 6.31. The highest BCUT2D eigenvalue weighted by atomic mass is 15.3. The molecule has 0 spiro atoms. The van der Waals surface area contributed by atoms with Crippen LogP contribution in [0, 0.1) is 0 Å². The molecule has 0 saturated carbocycles. The minimum Gasteiger partial charge on any atom is -0.393 e. The van der Waals surface area contributed by atoms with Crippen molar-refractivity contribution in [3.63, 3.8) is 0 Å². The summed E-state index contributed by atoms with van der Waals surface area (Å²) in [6.45, 7) is 6.51. The van der Waals surface area contributed by atoms with Crippen LogP contribution >= 0.6 is 0 Å². The predicted molar refractivity (Wildman–Crippen MR) is 114 cm³/mol. The number of rotatable bonds is 6. The van der Waals surface area contributed by atoms with Crippen molar-refractivity contribution in [2.45, 2.75) is 19.8 Å². The van der Waals surface area contributed by atoms with E-state index in [-0.39, 0.29) is 0 Å². The Morgan fingerprint density at radius 1 is 1.41 bits per heavy atom. The number of allylic oxidation sites excluding steroid dienone is 4. The molecular weight excluding hydrogens is 336 g/mol. The Kier molecular flexibility index (Phi) is 8.03. The fourth-order valence-electron chi connectivity index (χ4n) is 2.66.